The van der Waals surface area contributed by atoms with Crippen molar-refractivity contribution in [3.05, 3.63) is 0 Å². The van der Waals surface area contributed by atoms with Gasteiger partial charge in [-0.05, 0) is 6.42 Å². The van der Waals surface area contributed by atoms with E-state index in [0.717, 1.165) is 0 Å². The summed E-state index contributed by atoms with van der Waals surface area (Å²) in [5.74, 6) is -0.873. The van der Waals surface area contributed by atoms with E-state index in [1.807, 2.05) is 0 Å². The van der Waals surface area contributed by atoms with Crippen molar-refractivity contribution in [1.29, 1.82) is 0 Å². The molecule has 264 valence electrons. The zero-order valence-corrected chi connectivity index (χ0v) is 25.7. The quantitative estimate of drug-likeness (QED) is 0.0509. The van der Waals surface area contributed by atoms with Crippen molar-refractivity contribution in [2.24, 2.45) is 0 Å². The monoisotopic (exact) mass is 658 g/mol. The smallest absolute Gasteiger partial charge is 0.217 e. The number of carbonyl (C=O) groups is 2. The molecule has 0 aliphatic carbocycles. The van der Waals surface area contributed by atoms with Gasteiger partial charge in [0.1, 0.15) is 48.7 Å². The first-order valence-electron chi connectivity index (χ1n) is 14.9. The predicted molar refractivity (Wildman–Crippen MR) is 151 cm³/mol. The molecule has 45 heavy (non-hydrogen) atoms. The van der Waals surface area contributed by atoms with E-state index in [9.17, 15) is 40.2 Å². The van der Waals surface area contributed by atoms with Crippen LogP contribution in [0.1, 0.15) is 20.3 Å². The van der Waals surface area contributed by atoms with Crippen LogP contribution in [0, 0.1) is 0 Å². The zero-order chi connectivity index (χ0) is 33.2. The van der Waals surface area contributed by atoms with Crippen LogP contribution in [0.25, 0.3) is 0 Å². The van der Waals surface area contributed by atoms with Gasteiger partial charge >= 0.3 is 0 Å². The first-order chi connectivity index (χ1) is 21.6. The van der Waals surface area contributed by atoms with Crippen LogP contribution in [0.3, 0.4) is 0 Å². The predicted octanol–water partition coefficient (Wildman–Crippen LogP) is -4.64. The summed E-state index contributed by atoms with van der Waals surface area (Å²) in [7, 11) is 0. The molecular formula is C27H50N2O16. The highest BCUT2D eigenvalue weighted by atomic mass is 16.7. The summed E-state index contributed by atoms with van der Waals surface area (Å²) in [6.07, 6.45) is -9.11. The minimum atomic E-state index is -1.38. The molecule has 2 fully saturated rings. The highest BCUT2D eigenvalue weighted by molar-refractivity contribution is 5.73. The topological polar surface area (TPSA) is 253 Å². The molecule has 0 aromatic carbocycles. The third-order valence-corrected chi connectivity index (χ3v) is 6.84. The fourth-order valence-corrected chi connectivity index (χ4v) is 4.58. The van der Waals surface area contributed by atoms with Crippen LogP contribution in [0.2, 0.25) is 0 Å². The summed E-state index contributed by atoms with van der Waals surface area (Å²) in [6, 6.07) is -2.02. The second kappa shape index (κ2) is 22.0. The van der Waals surface area contributed by atoms with Crippen molar-refractivity contribution in [3.8, 4) is 0 Å². The molecule has 2 rings (SSSR count). The Morgan fingerprint density at radius 2 is 0.889 bits per heavy atom. The molecule has 0 saturated carbocycles. The zero-order valence-electron chi connectivity index (χ0n) is 25.7. The molecule has 2 heterocycles. The Morgan fingerprint density at radius 1 is 0.556 bits per heavy atom. The SMILES string of the molecule is CC(=O)NC1C(O)[C@@H](O)C(CO)O[C@H]1OCCOCCOCCCOCCOCCO[C@@H]1OC(CO)[C@H](O)C(O)C1NC(C)=O. The van der Waals surface area contributed by atoms with Gasteiger partial charge < -0.3 is 79.2 Å². The number of aliphatic hydroxyl groups is 6. The number of hydrogen-bond acceptors (Lipinski definition) is 16. The normalized spacial score (nSPS) is 31.9. The van der Waals surface area contributed by atoms with E-state index in [4.69, 9.17) is 37.9 Å². The van der Waals surface area contributed by atoms with Gasteiger partial charge in [0.15, 0.2) is 12.6 Å². The Morgan fingerprint density at radius 3 is 1.22 bits per heavy atom. The lowest BCUT2D eigenvalue weighted by molar-refractivity contribution is -0.272. The number of ether oxygens (including phenoxy) is 8. The van der Waals surface area contributed by atoms with Gasteiger partial charge in [-0.3, -0.25) is 9.59 Å². The van der Waals surface area contributed by atoms with Gasteiger partial charge in [0.2, 0.25) is 11.8 Å². The fraction of sp³-hybridized carbons (Fsp3) is 0.926. The van der Waals surface area contributed by atoms with Gasteiger partial charge in [0, 0.05) is 27.1 Å². The van der Waals surface area contributed by atoms with Crippen LogP contribution < -0.4 is 10.6 Å². The molecule has 8 N–H and O–H groups in total. The van der Waals surface area contributed by atoms with Crippen LogP contribution in [-0.4, -0.2) is 183 Å². The molecule has 0 spiro atoms. The maximum absolute atomic E-state index is 11.4. The summed E-state index contributed by atoms with van der Waals surface area (Å²) in [5.41, 5.74) is 0. The molecule has 6 unspecified atom stereocenters. The molecule has 10 atom stereocenters. The molecule has 2 aliphatic heterocycles. The Kier molecular flexibility index (Phi) is 19.4. The Hall–Kier alpha value is -1.62. The maximum atomic E-state index is 11.4. The molecule has 18 heteroatoms. The number of rotatable bonds is 22. The van der Waals surface area contributed by atoms with Gasteiger partial charge in [-0.1, -0.05) is 0 Å². The van der Waals surface area contributed by atoms with Gasteiger partial charge in [-0.2, -0.15) is 0 Å². The second-order valence-corrected chi connectivity index (χ2v) is 10.4. The molecule has 0 radical (unpaired) electrons. The summed E-state index contributed by atoms with van der Waals surface area (Å²) in [5, 5.41) is 64.2. The lowest BCUT2D eigenvalue weighted by Crippen LogP contribution is -2.64. The Labute approximate surface area is 261 Å². The van der Waals surface area contributed by atoms with E-state index >= 15 is 0 Å². The Bertz CT molecular complexity index is 764. The first kappa shape index (κ1) is 39.6. The van der Waals surface area contributed by atoms with Crippen LogP contribution >= 0.6 is 0 Å². The largest absolute Gasteiger partial charge is 0.394 e. The van der Waals surface area contributed by atoms with Crippen molar-refractivity contribution in [1.82, 2.24) is 10.6 Å². The molecule has 2 amide bonds. The number of nitrogens with one attached hydrogen (secondary N) is 2. The number of aliphatic hydroxyl groups excluding tert-OH is 6. The molecule has 2 aliphatic rings. The third-order valence-electron chi connectivity index (χ3n) is 6.84. The average Bonchev–Trinajstić information content (AvgIpc) is 3.00. The Balaban J connectivity index is 1.44. The van der Waals surface area contributed by atoms with Crippen LogP contribution in [-0.2, 0) is 47.5 Å². The fourth-order valence-electron chi connectivity index (χ4n) is 4.58. The molecule has 0 bridgehead atoms. The second-order valence-electron chi connectivity index (χ2n) is 10.4. The van der Waals surface area contributed by atoms with E-state index in [1.54, 1.807) is 0 Å². The third kappa shape index (κ3) is 14.0. The standard InChI is InChI=1S/C27H50N2O16/c1-16(32)28-20-24(36)22(34)18(14-30)44-26(20)42-12-10-40-8-6-38-4-3-5-39-7-9-41-11-13-43-27-21(29-17(2)33)25(37)23(35)19(15-31)45-27/h18-27,30-31,34-37H,3-15H2,1-2H3,(H,28,32)(H,29,33)/t18?,19?,20?,21?,22-,23-,24?,25?,26+,27+/m0/s1. The minimum absolute atomic E-state index is 0.0765. The van der Waals surface area contributed by atoms with Crippen LogP contribution in [0.5, 0.6) is 0 Å². The van der Waals surface area contributed by atoms with Crippen molar-refractivity contribution in [3.63, 3.8) is 0 Å². The van der Waals surface area contributed by atoms with E-state index < -0.39 is 86.3 Å². The molecule has 0 aromatic rings. The molecule has 2 saturated heterocycles. The molecular weight excluding hydrogens is 608 g/mol. The lowest BCUT2D eigenvalue weighted by atomic mass is 9.97. The minimum Gasteiger partial charge on any atom is -0.394 e. The number of amides is 2. The summed E-state index contributed by atoms with van der Waals surface area (Å²) in [4.78, 5) is 22.9. The highest BCUT2D eigenvalue weighted by Gasteiger charge is 2.46. The van der Waals surface area contributed by atoms with E-state index in [0.29, 0.717) is 46.1 Å². The summed E-state index contributed by atoms with van der Waals surface area (Å²) >= 11 is 0. The molecule has 18 nitrogen and oxygen atoms in total. The first-order valence-corrected chi connectivity index (χ1v) is 14.9. The van der Waals surface area contributed by atoms with Crippen molar-refractivity contribution in [2.75, 3.05) is 79.3 Å². The molecule has 0 aromatic heterocycles. The number of carbonyl (C=O) groups excluding carboxylic acids is 2. The number of hydrogen-bond donors (Lipinski definition) is 8. The highest BCUT2D eigenvalue weighted by Crippen LogP contribution is 2.23. The van der Waals surface area contributed by atoms with Crippen molar-refractivity contribution in [2.45, 2.75) is 81.6 Å². The lowest BCUT2D eigenvalue weighted by Gasteiger charge is -2.42. The van der Waals surface area contributed by atoms with E-state index in [2.05, 4.69) is 10.6 Å². The maximum Gasteiger partial charge on any atom is 0.217 e. The average molecular weight is 659 g/mol. The van der Waals surface area contributed by atoms with E-state index in [-0.39, 0.29) is 26.4 Å². The van der Waals surface area contributed by atoms with Gasteiger partial charge in [0.05, 0.1) is 66.1 Å². The van der Waals surface area contributed by atoms with Crippen LogP contribution in [0.15, 0.2) is 0 Å². The van der Waals surface area contributed by atoms with Gasteiger partial charge in [-0.15, -0.1) is 0 Å². The van der Waals surface area contributed by atoms with E-state index in [1.165, 1.54) is 13.8 Å². The van der Waals surface area contributed by atoms with Gasteiger partial charge in [-0.25, -0.2) is 0 Å². The summed E-state index contributed by atoms with van der Waals surface area (Å²) < 4.78 is 43.9. The van der Waals surface area contributed by atoms with Crippen LogP contribution in [0.4, 0.5) is 0 Å². The van der Waals surface area contributed by atoms with Crippen molar-refractivity contribution < 1.29 is 78.1 Å². The van der Waals surface area contributed by atoms with Crippen molar-refractivity contribution >= 4 is 11.8 Å². The van der Waals surface area contributed by atoms with Gasteiger partial charge in [0.25, 0.3) is 0 Å². The summed E-state index contributed by atoms with van der Waals surface area (Å²) in [6.45, 7) is 4.20.